The molecule has 0 unspecified atom stereocenters. The Labute approximate surface area is 56.3 Å². The minimum atomic E-state index is -4.25. The maximum absolute atomic E-state index is 9.76. The van der Waals surface area contributed by atoms with Crippen molar-refractivity contribution < 1.29 is 22.5 Å². The SMILES string of the molecule is O=C(Cl)OCS(=O)(=O)O. The Morgan fingerprint density at radius 2 is 2.11 bits per heavy atom. The highest BCUT2D eigenvalue weighted by atomic mass is 35.5. The van der Waals surface area contributed by atoms with Crippen molar-refractivity contribution >= 4 is 27.1 Å². The summed E-state index contributed by atoms with van der Waals surface area (Å²) in [5.41, 5.74) is -1.27. The summed E-state index contributed by atoms with van der Waals surface area (Å²) in [6, 6.07) is 0. The van der Waals surface area contributed by atoms with Crippen LogP contribution in [-0.2, 0) is 14.9 Å². The number of carbonyl (C=O) groups excluding carboxylic acids is 1. The molecule has 0 radical (unpaired) electrons. The standard InChI is InChI=1S/C2H3ClO5S/c3-2(4)8-1-9(5,6)7/h1H2,(H,5,6,7). The van der Waals surface area contributed by atoms with Gasteiger partial charge in [-0.15, -0.1) is 0 Å². The van der Waals surface area contributed by atoms with E-state index in [0.29, 0.717) is 0 Å². The molecule has 0 aliphatic carbocycles. The summed E-state index contributed by atoms with van der Waals surface area (Å²) in [6.45, 7) is 0. The fraction of sp³-hybridized carbons (Fsp3) is 0.500. The molecule has 0 amide bonds. The monoisotopic (exact) mass is 174 g/mol. The van der Waals surface area contributed by atoms with E-state index in [1.54, 1.807) is 0 Å². The van der Waals surface area contributed by atoms with Crippen molar-refractivity contribution in [1.82, 2.24) is 0 Å². The zero-order chi connectivity index (χ0) is 7.49. The molecule has 0 fully saturated rings. The van der Waals surface area contributed by atoms with Gasteiger partial charge in [0.25, 0.3) is 0 Å². The smallest absolute Gasteiger partial charge is 0.404 e. The molecule has 9 heavy (non-hydrogen) atoms. The van der Waals surface area contributed by atoms with Crippen LogP contribution in [0.15, 0.2) is 0 Å². The lowest BCUT2D eigenvalue weighted by Crippen LogP contribution is -2.08. The topological polar surface area (TPSA) is 80.7 Å². The summed E-state index contributed by atoms with van der Waals surface area (Å²) in [5.74, 6) is -1.10. The van der Waals surface area contributed by atoms with Crippen LogP contribution in [0, 0.1) is 0 Å². The fourth-order valence-electron chi connectivity index (χ4n) is 0.121. The van der Waals surface area contributed by atoms with Gasteiger partial charge in [0.05, 0.1) is 0 Å². The first kappa shape index (κ1) is 8.67. The molecule has 0 heterocycles. The molecular weight excluding hydrogens is 172 g/mol. The zero-order valence-electron chi connectivity index (χ0n) is 4.07. The van der Waals surface area contributed by atoms with E-state index >= 15 is 0 Å². The van der Waals surface area contributed by atoms with Crippen LogP contribution in [0.4, 0.5) is 4.79 Å². The van der Waals surface area contributed by atoms with Gasteiger partial charge in [0.2, 0.25) is 5.94 Å². The van der Waals surface area contributed by atoms with Crippen LogP contribution in [0.5, 0.6) is 0 Å². The van der Waals surface area contributed by atoms with E-state index in [-0.39, 0.29) is 0 Å². The molecule has 0 aromatic carbocycles. The molecule has 0 atom stereocenters. The minimum absolute atomic E-state index is 1.10. The summed E-state index contributed by atoms with van der Waals surface area (Å²) in [5, 5.41) is 0. The second kappa shape index (κ2) is 3.00. The summed E-state index contributed by atoms with van der Waals surface area (Å²) in [7, 11) is -4.25. The molecular formula is C2H3ClO5S. The predicted molar refractivity (Wildman–Crippen MR) is 28.7 cm³/mol. The van der Waals surface area contributed by atoms with Crippen molar-refractivity contribution in [3.05, 3.63) is 0 Å². The van der Waals surface area contributed by atoms with Crippen LogP contribution in [0.25, 0.3) is 0 Å². The number of rotatable bonds is 2. The number of halogens is 1. The predicted octanol–water partition coefficient (Wildman–Crippen LogP) is 0.207. The molecule has 0 bridgehead atoms. The summed E-state index contributed by atoms with van der Waals surface area (Å²) < 4.78 is 31.1. The normalized spacial score (nSPS) is 10.9. The molecule has 54 valence electrons. The zero-order valence-corrected chi connectivity index (χ0v) is 5.65. The van der Waals surface area contributed by atoms with Crippen LogP contribution in [0.2, 0.25) is 0 Å². The summed E-state index contributed by atoms with van der Waals surface area (Å²) in [6.07, 6.45) is 0. The molecule has 0 saturated heterocycles. The molecule has 0 aliphatic rings. The number of carbonyl (C=O) groups is 1. The second-order valence-corrected chi connectivity index (χ2v) is 2.79. The number of hydrogen-bond acceptors (Lipinski definition) is 4. The molecule has 1 N–H and O–H groups in total. The largest absolute Gasteiger partial charge is 0.435 e. The lowest BCUT2D eigenvalue weighted by atomic mass is 11.5. The van der Waals surface area contributed by atoms with Gasteiger partial charge in [-0.25, -0.2) is 4.79 Å². The van der Waals surface area contributed by atoms with Gasteiger partial charge in [-0.05, 0) is 0 Å². The third kappa shape index (κ3) is 7.67. The highest BCUT2D eigenvalue weighted by Crippen LogP contribution is 1.89. The van der Waals surface area contributed by atoms with Gasteiger partial charge in [-0.2, -0.15) is 8.42 Å². The van der Waals surface area contributed by atoms with Crippen molar-refractivity contribution in [1.29, 1.82) is 0 Å². The van der Waals surface area contributed by atoms with E-state index in [0.717, 1.165) is 0 Å². The van der Waals surface area contributed by atoms with E-state index in [4.69, 9.17) is 4.55 Å². The van der Waals surface area contributed by atoms with Crippen LogP contribution < -0.4 is 0 Å². The third-order valence-corrected chi connectivity index (χ3v) is 0.846. The van der Waals surface area contributed by atoms with Gasteiger partial charge in [0, 0.05) is 11.6 Å². The molecule has 0 rings (SSSR count). The van der Waals surface area contributed by atoms with Gasteiger partial charge < -0.3 is 4.74 Å². The molecule has 0 aromatic rings. The second-order valence-electron chi connectivity index (χ2n) is 1.08. The summed E-state index contributed by atoms with van der Waals surface area (Å²) >= 11 is 4.55. The Bertz CT molecular complexity index is 193. The van der Waals surface area contributed by atoms with Crippen LogP contribution >= 0.6 is 11.6 Å². The van der Waals surface area contributed by atoms with Gasteiger partial charge in [0.1, 0.15) is 0 Å². The van der Waals surface area contributed by atoms with Crippen LogP contribution in [0.1, 0.15) is 0 Å². The highest BCUT2D eigenvalue weighted by Gasteiger charge is 2.06. The van der Waals surface area contributed by atoms with E-state index < -0.39 is 21.5 Å². The first-order chi connectivity index (χ1) is 3.92. The van der Waals surface area contributed by atoms with Crippen molar-refractivity contribution in [3.8, 4) is 0 Å². The van der Waals surface area contributed by atoms with Crippen molar-refractivity contribution in [2.45, 2.75) is 0 Å². The Kier molecular flexibility index (Phi) is 2.89. The van der Waals surface area contributed by atoms with Gasteiger partial charge >= 0.3 is 15.5 Å². The van der Waals surface area contributed by atoms with E-state index in [1.165, 1.54) is 0 Å². The Morgan fingerprint density at radius 1 is 1.67 bits per heavy atom. The van der Waals surface area contributed by atoms with Crippen molar-refractivity contribution in [3.63, 3.8) is 0 Å². The molecule has 0 saturated carbocycles. The Morgan fingerprint density at radius 3 is 2.22 bits per heavy atom. The average molecular weight is 175 g/mol. The molecule has 0 aliphatic heterocycles. The molecule has 0 spiro atoms. The fourth-order valence-corrected chi connectivity index (χ4v) is 0.496. The van der Waals surface area contributed by atoms with E-state index in [1.807, 2.05) is 0 Å². The maximum atomic E-state index is 9.76. The minimum Gasteiger partial charge on any atom is -0.435 e. The van der Waals surface area contributed by atoms with Crippen molar-refractivity contribution in [2.24, 2.45) is 0 Å². The quantitative estimate of drug-likeness (QED) is 0.478. The Hall–Kier alpha value is -0.330. The number of ether oxygens (including phenoxy) is 1. The lowest BCUT2D eigenvalue weighted by molar-refractivity contribution is 0.188. The van der Waals surface area contributed by atoms with Gasteiger partial charge in [-0.3, -0.25) is 4.55 Å². The van der Waals surface area contributed by atoms with Gasteiger partial charge in [0.15, 0.2) is 0 Å². The highest BCUT2D eigenvalue weighted by molar-refractivity contribution is 7.85. The average Bonchev–Trinajstić information content (AvgIpc) is 1.59. The third-order valence-electron chi connectivity index (χ3n) is 0.321. The van der Waals surface area contributed by atoms with Gasteiger partial charge in [-0.1, -0.05) is 0 Å². The molecule has 0 aromatic heterocycles. The van der Waals surface area contributed by atoms with E-state index in [9.17, 15) is 13.2 Å². The maximum Gasteiger partial charge on any atom is 0.404 e. The Balaban J connectivity index is 3.67. The lowest BCUT2D eigenvalue weighted by Gasteiger charge is -1.93. The van der Waals surface area contributed by atoms with Crippen LogP contribution in [-0.4, -0.2) is 24.3 Å². The van der Waals surface area contributed by atoms with E-state index in [2.05, 4.69) is 16.3 Å². The summed E-state index contributed by atoms with van der Waals surface area (Å²) in [4.78, 5) is 9.66. The van der Waals surface area contributed by atoms with Crippen molar-refractivity contribution in [2.75, 3.05) is 5.94 Å². The first-order valence-electron chi connectivity index (χ1n) is 1.69. The van der Waals surface area contributed by atoms with Crippen LogP contribution in [0.3, 0.4) is 0 Å². The molecule has 5 nitrogen and oxygen atoms in total. The number of hydrogen-bond donors (Lipinski definition) is 1. The molecule has 7 heteroatoms. The first-order valence-corrected chi connectivity index (χ1v) is 3.68.